The predicted molar refractivity (Wildman–Crippen MR) is 87.5 cm³/mol. The van der Waals surface area contributed by atoms with Crippen molar-refractivity contribution in [2.24, 2.45) is 5.16 Å². The minimum absolute atomic E-state index is 0.118. The Morgan fingerprint density at radius 3 is 2.76 bits per heavy atom. The van der Waals surface area contributed by atoms with E-state index < -0.39 is 17.3 Å². The summed E-state index contributed by atoms with van der Waals surface area (Å²) in [7, 11) is 0. The first-order valence-electron chi connectivity index (χ1n) is 8.13. The molecule has 8 heteroatoms. The quantitative estimate of drug-likeness (QED) is 0.867. The Bertz CT molecular complexity index is 703. The van der Waals surface area contributed by atoms with Crippen LogP contribution in [0.2, 0.25) is 0 Å². The summed E-state index contributed by atoms with van der Waals surface area (Å²) in [6.07, 6.45) is 0.130. The summed E-state index contributed by atoms with van der Waals surface area (Å²) in [6, 6.07) is 6.19. The molecule has 0 radical (unpaired) electrons. The number of nitrogens with zero attached hydrogens (tertiary/aromatic N) is 2. The first-order chi connectivity index (χ1) is 12.0. The lowest BCUT2D eigenvalue weighted by molar-refractivity contribution is -0.144. The molecule has 134 valence electrons. The smallest absolute Gasteiger partial charge is 0.267 e. The van der Waals surface area contributed by atoms with Crippen molar-refractivity contribution in [2.45, 2.75) is 18.9 Å². The topological polar surface area (TPSA) is 80.2 Å². The van der Waals surface area contributed by atoms with E-state index in [-0.39, 0.29) is 18.9 Å². The fourth-order valence-corrected chi connectivity index (χ4v) is 2.77. The van der Waals surface area contributed by atoms with Crippen molar-refractivity contribution in [3.8, 4) is 0 Å². The number of carbonyl (C=O) groups excluding carboxylic acids is 2. The molecule has 0 aliphatic carbocycles. The molecular weight excluding hydrogens is 329 g/mol. The largest absolute Gasteiger partial charge is 0.379 e. The van der Waals surface area contributed by atoms with Crippen molar-refractivity contribution in [3.05, 3.63) is 35.6 Å². The third-order valence-electron chi connectivity index (χ3n) is 4.29. The van der Waals surface area contributed by atoms with Crippen LogP contribution < -0.4 is 5.32 Å². The Kier molecular flexibility index (Phi) is 4.98. The molecule has 1 unspecified atom stereocenters. The minimum Gasteiger partial charge on any atom is -0.379 e. The normalized spacial score (nSPS) is 23.0. The molecule has 0 saturated carbocycles. The molecule has 1 fully saturated rings. The minimum atomic E-state index is -1.26. The van der Waals surface area contributed by atoms with E-state index in [0.29, 0.717) is 37.6 Å². The number of nitrogens with one attached hydrogen (secondary N) is 1. The summed E-state index contributed by atoms with van der Waals surface area (Å²) < 4.78 is 19.0. The molecular formula is C17H20FN3O4. The van der Waals surface area contributed by atoms with E-state index in [1.807, 2.05) is 0 Å². The van der Waals surface area contributed by atoms with Gasteiger partial charge in [0.05, 0.1) is 25.5 Å². The van der Waals surface area contributed by atoms with Gasteiger partial charge in [-0.25, -0.2) is 4.39 Å². The van der Waals surface area contributed by atoms with E-state index in [2.05, 4.69) is 10.5 Å². The van der Waals surface area contributed by atoms with E-state index in [0.717, 1.165) is 0 Å². The van der Waals surface area contributed by atoms with Crippen LogP contribution in [0.5, 0.6) is 0 Å². The Balaban J connectivity index is 1.56. The molecule has 1 N–H and O–H groups in total. The van der Waals surface area contributed by atoms with Crippen LogP contribution in [0.4, 0.5) is 4.39 Å². The number of benzene rings is 1. The number of carbonyl (C=O) groups is 2. The molecule has 1 atom stereocenters. The van der Waals surface area contributed by atoms with Gasteiger partial charge in [0.25, 0.3) is 5.91 Å². The van der Waals surface area contributed by atoms with Gasteiger partial charge in [-0.3, -0.25) is 9.59 Å². The van der Waals surface area contributed by atoms with Gasteiger partial charge in [0.15, 0.2) is 0 Å². The summed E-state index contributed by atoms with van der Waals surface area (Å²) in [5.41, 5.74) is -0.582. The Morgan fingerprint density at radius 2 is 2.04 bits per heavy atom. The number of morpholine rings is 1. The number of hydrogen-bond donors (Lipinski definition) is 1. The Morgan fingerprint density at radius 1 is 1.32 bits per heavy atom. The van der Waals surface area contributed by atoms with Crippen LogP contribution in [0.1, 0.15) is 18.9 Å². The van der Waals surface area contributed by atoms with Crippen molar-refractivity contribution in [1.29, 1.82) is 0 Å². The molecule has 3 rings (SSSR count). The molecule has 2 heterocycles. The van der Waals surface area contributed by atoms with Crippen LogP contribution in [0, 0.1) is 5.82 Å². The number of rotatable bonds is 4. The highest BCUT2D eigenvalue weighted by Crippen LogP contribution is 2.27. The lowest BCUT2D eigenvalue weighted by Crippen LogP contribution is -2.50. The highest BCUT2D eigenvalue weighted by Gasteiger charge is 2.42. The van der Waals surface area contributed by atoms with E-state index >= 15 is 0 Å². The number of hydrogen-bond acceptors (Lipinski definition) is 5. The lowest BCUT2D eigenvalue weighted by atomic mass is 9.95. The average molecular weight is 349 g/mol. The van der Waals surface area contributed by atoms with Gasteiger partial charge in [0.1, 0.15) is 5.82 Å². The highest BCUT2D eigenvalue weighted by molar-refractivity contribution is 6.05. The first-order valence-corrected chi connectivity index (χ1v) is 8.13. The maximum Gasteiger partial charge on any atom is 0.267 e. The van der Waals surface area contributed by atoms with Crippen molar-refractivity contribution in [3.63, 3.8) is 0 Å². The number of ether oxygens (including phenoxy) is 1. The summed E-state index contributed by atoms with van der Waals surface area (Å²) >= 11 is 0. The average Bonchev–Trinajstić information content (AvgIpc) is 3.04. The maximum atomic E-state index is 13.9. The lowest BCUT2D eigenvalue weighted by Gasteiger charge is -2.27. The zero-order valence-electron chi connectivity index (χ0n) is 14.0. The zero-order valence-corrected chi connectivity index (χ0v) is 14.0. The van der Waals surface area contributed by atoms with Gasteiger partial charge in [-0.2, -0.15) is 0 Å². The van der Waals surface area contributed by atoms with Gasteiger partial charge in [-0.05, 0) is 13.0 Å². The van der Waals surface area contributed by atoms with E-state index in [4.69, 9.17) is 9.57 Å². The van der Waals surface area contributed by atoms with Crippen molar-refractivity contribution in [2.75, 3.05) is 32.8 Å². The second-order valence-electron chi connectivity index (χ2n) is 6.19. The van der Waals surface area contributed by atoms with Crippen LogP contribution in [0.15, 0.2) is 29.4 Å². The fourth-order valence-electron chi connectivity index (χ4n) is 2.77. The van der Waals surface area contributed by atoms with Crippen LogP contribution in [-0.4, -0.2) is 60.9 Å². The number of amides is 2. The third kappa shape index (κ3) is 3.79. The molecule has 0 spiro atoms. The van der Waals surface area contributed by atoms with Crippen molar-refractivity contribution in [1.82, 2.24) is 10.2 Å². The molecule has 1 aromatic rings. The molecule has 25 heavy (non-hydrogen) atoms. The van der Waals surface area contributed by atoms with E-state index in [9.17, 15) is 14.0 Å². The van der Waals surface area contributed by atoms with Gasteiger partial charge in [0.2, 0.25) is 11.5 Å². The van der Waals surface area contributed by atoms with Crippen molar-refractivity contribution >= 4 is 17.5 Å². The van der Waals surface area contributed by atoms with Gasteiger partial charge in [-0.15, -0.1) is 0 Å². The maximum absolute atomic E-state index is 13.9. The monoisotopic (exact) mass is 349 g/mol. The van der Waals surface area contributed by atoms with Gasteiger partial charge in [-0.1, -0.05) is 23.4 Å². The Labute approximate surface area is 144 Å². The standard InChI is InChI=1S/C17H20FN3O4/c1-17(10-14(20-25-17)12-4-2-3-5-13(12)18)16(23)19-11-15(22)21-6-8-24-9-7-21/h2-5H,6-11H2,1H3,(H,19,23). The summed E-state index contributed by atoms with van der Waals surface area (Å²) in [4.78, 5) is 31.4. The third-order valence-corrected chi connectivity index (χ3v) is 4.29. The second kappa shape index (κ2) is 7.18. The fraction of sp³-hybridized carbons (Fsp3) is 0.471. The highest BCUT2D eigenvalue weighted by atomic mass is 19.1. The van der Waals surface area contributed by atoms with Crippen LogP contribution in [0.25, 0.3) is 0 Å². The predicted octanol–water partition coefficient (Wildman–Crippen LogP) is 0.684. The van der Waals surface area contributed by atoms with E-state index in [1.165, 1.54) is 6.07 Å². The molecule has 2 amide bonds. The summed E-state index contributed by atoms with van der Waals surface area (Å²) in [5.74, 6) is -1.05. The van der Waals surface area contributed by atoms with Crippen LogP contribution >= 0.6 is 0 Å². The SMILES string of the molecule is CC1(C(=O)NCC(=O)N2CCOCC2)CC(c2ccccc2F)=NO1. The molecule has 0 aromatic heterocycles. The molecule has 7 nitrogen and oxygen atoms in total. The van der Waals surface area contributed by atoms with Gasteiger partial charge >= 0.3 is 0 Å². The molecule has 1 aromatic carbocycles. The van der Waals surface area contributed by atoms with Crippen LogP contribution in [-0.2, 0) is 19.2 Å². The van der Waals surface area contributed by atoms with E-state index in [1.54, 1.807) is 30.0 Å². The van der Waals surface area contributed by atoms with Crippen LogP contribution in [0.3, 0.4) is 0 Å². The van der Waals surface area contributed by atoms with Gasteiger partial charge < -0.3 is 19.8 Å². The zero-order chi connectivity index (χ0) is 17.9. The second-order valence-corrected chi connectivity index (χ2v) is 6.19. The molecule has 1 saturated heterocycles. The van der Waals surface area contributed by atoms with Crippen molar-refractivity contribution < 1.29 is 23.6 Å². The molecule has 2 aliphatic rings. The first kappa shape index (κ1) is 17.3. The number of halogens is 1. The Hall–Kier alpha value is -2.48. The molecule has 0 bridgehead atoms. The number of oxime groups is 1. The summed E-state index contributed by atoms with van der Waals surface area (Å²) in [5, 5.41) is 6.45. The van der Waals surface area contributed by atoms with Gasteiger partial charge in [0, 0.05) is 25.1 Å². The molecule has 2 aliphatic heterocycles. The summed E-state index contributed by atoms with van der Waals surface area (Å²) in [6.45, 7) is 3.48.